The topological polar surface area (TPSA) is 15.3 Å². The molecule has 3 rings (SSSR count). The molecular weight excluding hydrogens is 356 g/mol. The van der Waals surface area contributed by atoms with Gasteiger partial charge in [0.25, 0.3) is 0 Å². The van der Waals surface area contributed by atoms with Crippen LogP contribution in [0, 0.1) is 17.7 Å². The number of likely N-dealkylation sites (tertiary alicyclic amines) is 1. The molecule has 1 aromatic carbocycles. The van der Waals surface area contributed by atoms with E-state index in [-0.39, 0.29) is 12.1 Å². The van der Waals surface area contributed by atoms with Gasteiger partial charge in [0.2, 0.25) is 0 Å². The fourth-order valence-electron chi connectivity index (χ4n) is 4.45. The van der Waals surface area contributed by atoms with E-state index in [4.69, 9.17) is 0 Å². The van der Waals surface area contributed by atoms with E-state index in [9.17, 15) is 17.6 Å². The molecule has 0 unspecified atom stereocenters. The highest BCUT2D eigenvalue weighted by Gasteiger charge is 2.34. The van der Waals surface area contributed by atoms with Gasteiger partial charge in [0, 0.05) is 18.7 Å². The van der Waals surface area contributed by atoms with Gasteiger partial charge in [-0.05, 0) is 63.2 Å². The molecule has 6 heteroatoms. The Morgan fingerprint density at radius 3 is 2.33 bits per heavy atom. The Labute approximate surface area is 159 Å². The summed E-state index contributed by atoms with van der Waals surface area (Å²) in [5, 5.41) is 3.16. The lowest BCUT2D eigenvalue weighted by Crippen LogP contribution is -2.40. The van der Waals surface area contributed by atoms with Gasteiger partial charge in [-0.1, -0.05) is 31.4 Å². The number of rotatable bonds is 6. The monoisotopic (exact) mass is 386 g/mol. The Balaban J connectivity index is 1.39. The van der Waals surface area contributed by atoms with Gasteiger partial charge < -0.3 is 10.2 Å². The van der Waals surface area contributed by atoms with Crippen LogP contribution in [0.5, 0.6) is 0 Å². The van der Waals surface area contributed by atoms with Crippen molar-refractivity contribution in [3.63, 3.8) is 0 Å². The second-order valence-electron chi connectivity index (χ2n) is 8.16. The average molecular weight is 386 g/mol. The molecular formula is C21H30F4N2. The zero-order valence-corrected chi connectivity index (χ0v) is 15.8. The summed E-state index contributed by atoms with van der Waals surface area (Å²) >= 11 is 0. The van der Waals surface area contributed by atoms with Gasteiger partial charge in [-0.2, -0.15) is 13.2 Å². The molecule has 1 N–H and O–H groups in total. The van der Waals surface area contributed by atoms with Crippen molar-refractivity contribution < 1.29 is 17.6 Å². The van der Waals surface area contributed by atoms with Crippen molar-refractivity contribution in [2.45, 2.75) is 57.7 Å². The summed E-state index contributed by atoms with van der Waals surface area (Å²) in [5.74, 6) is 0.221. The second kappa shape index (κ2) is 9.37. The van der Waals surface area contributed by atoms with Gasteiger partial charge in [-0.15, -0.1) is 0 Å². The summed E-state index contributed by atoms with van der Waals surface area (Å²) in [6.07, 6.45) is 4.42. The highest BCUT2D eigenvalue weighted by Crippen LogP contribution is 2.32. The van der Waals surface area contributed by atoms with Crippen LogP contribution in [0.1, 0.15) is 56.1 Å². The molecule has 1 saturated carbocycles. The number of nitrogens with zero attached hydrogens (tertiary/aromatic N) is 1. The first kappa shape index (κ1) is 20.6. The molecule has 2 aliphatic rings. The molecule has 1 aliphatic heterocycles. The van der Waals surface area contributed by atoms with Gasteiger partial charge in [-0.3, -0.25) is 0 Å². The zero-order chi connectivity index (χ0) is 19.3. The zero-order valence-electron chi connectivity index (χ0n) is 15.8. The van der Waals surface area contributed by atoms with Crippen molar-refractivity contribution in [1.82, 2.24) is 10.2 Å². The minimum Gasteiger partial charge on any atom is -0.312 e. The van der Waals surface area contributed by atoms with E-state index in [1.807, 2.05) is 0 Å². The van der Waals surface area contributed by atoms with E-state index in [0.29, 0.717) is 5.92 Å². The summed E-state index contributed by atoms with van der Waals surface area (Å²) in [6.45, 7) is 4.28. The standard InChI is InChI=1S/C21H30F4N2/c22-20-18(7-4-8-19(20)21(23,24)25)14-26-13-16-9-11-27(12-10-16)15-17-5-2-1-3-6-17/h4,7-8,16-17,26H,1-3,5-6,9-15H2. The molecule has 27 heavy (non-hydrogen) atoms. The maximum atomic E-state index is 14.0. The largest absolute Gasteiger partial charge is 0.419 e. The Kier molecular flexibility index (Phi) is 7.15. The first-order chi connectivity index (χ1) is 12.9. The van der Waals surface area contributed by atoms with Crippen LogP contribution < -0.4 is 5.32 Å². The lowest BCUT2D eigenvalue weighted by Gasteiger charge is -2.35. The van der Waals surface area contributed by atoms with Crippen molar-refractivity contribution in [2.75, 3.05) is 26.2 Å². The highest BCUT2D eigenvalue weighted by molar-refractivity contribution is 5.28. The predicted octanol–water partition coefficient (Wildman–Crippen LogP) is 5.23. The van der Waals surface area contributed by atoms with E-state index >= 15 is 0 Å². The molecule has 2 nitrogen and oxygen atoms in total. The summed E-state index contributed by atoms with van der Waals surface area (Å²) < 4.78 is 52.4. The maximum absolute atomic E-state index is 14.0. The Hall–Kier alpha value is -1.14. The molecule has 152 valence electrons. The molecule has 1 saturated heterocycles. The normalized spacial score (nSPS) is 20.9. The highest BCUT2D eigenvalue weighted by atomic mass is 19.4. The summed E-state index contributed by atoms with van der Waals surface area (Å²) in [6, 6.07) is 3.48. The number of nitrogens with one attached hydrogen (secondary N) is 1. The van der Waals surface area contributed by atoms with Crippen LogP contribution in [0.3, 0.4) is 0 Å². The van der Waals surface area contributed by atoms with Crippen LogP contribution in [0.25, 0.3) is 0 Å². The van der Waals surface area contributed by atoms with Gasteiger partial charge in [0.15, 0.2) is 0 Å². The van der Waals surface area contributed by atoms with Crippen molar-refractivity contribution in [3.05, 3.63) is 35.1 Å². The second-order valence-corrected chi connectivity index (χ2v) is 8.16. The minimum absolute atomic E-state index is 0.0829. The summed E-state index contributed by atoms with van der Waals surface area (Å²) in [7, 11) is 0. The number of benzene rings is 1. The Bertz CT molecular complexity index is 588. The van der Waals surface area contributed by atoms with Crippen LogP contribution in [-0.2, 0) is 12.7 Å². The lowest BCUT2D eigenvalue weighted by atomic mass is 9.88. The number of alkyl halides is 3. The van der Waals surface area contributed by atoms with Crippen LogP contribution in [-0.4, -0.2) is 31.1 Å². The van der Waals surface area contributed by atoms with Crippen molar-refractivity contribution in [2.24, 2.45) is 11.8 Å². The fourth-order valence-corrected chi connectivity index (χ4v) is 4.45. The average Bonchev–Trinajstić information content (AvgIpc) is 2.64. The summed E-state index contributed by atoms with van der Waals surface area (Å²) in [5.41, 5.74) is -1.10. The van der Waals surface area contributed by atoms with Crippen molar-refractivity contribution in [1.29, 1.82) is 0 Å². The molecule has 0 aromatic heterocycles. The molecule has 1 aromatic rings. The van der Waals surface area contributed by atoms with Crippen LogP contribution >= 0.6 is 0 Å². The molecule has 0 radical (unpaired) electrons. The van der Waals surface area contributed by atoms with Gasteiger partial charge in [-0.25, -0.2) is 4.39 Å². The SMILES string of the molecule is Fc1c(CNCC2CCN(CC3CCCCC3)CC2)cccc1C(F)(F)F. The third-order valence-electron chi connectivity index (χ3n) is 6.08. The molecule has 0 spiro atoms. The van der Waals surface area contributed by atoms with E-state index in [1.165, 1.54) is 50.8 Å². The quantitative estimate of drug-likeness (QED) is 0.674. The third-order valence-corrected chi connectivity index (χ3v) is 6.08. The van der Waals surface area contributed by atoms with E-state index < -0.39 is 17.6 Å². The summed E-state index contributed by atoms with van der Waals surface area (Å²) in [4.78, 5) is 2.57. The molecule has 0 bridgehead atoms. The molecule has 1 heterocycles. The van der Waals surface area contributed by atoms with E-state index in [1.54, 1.807) is 0 Å². The number of halogens is 4. The molecule has 2 fully saturated rings. The van der Waals surface area contributed by atoms with Crippen molar-refractivity contribution in [3.8, 4) is 0 Å². The smallest absolute Gasteiger partial charge is 0.312 e. The molecule has 0 amide bonds. The van der Waals surface area contributed by atoms with E-state index in [0.717, 1.165) is 44.5 Å². The van der Waals surface area contributed by atoms with Crippen LogP contribution in [0.2, 0.25) is 0 Å². The van der Waals surface area contributed by atoms with E-state index in [2.05, 4.69) is 10.2 Å². The fraction of sp³-hybridized carbons (Fsp3) is 0.714. The van der Waals surface area contributed by atoms with Gasteiger partial charge in [0.05, 0.1) is 5.56 Å². The van der Waals surface area contributed by atoms with Crippen molar-refractivity contribution >= 4 is 0 Å². The van der Waals surface area contributed by atoms with Gasteiger partial charge >= 0.3 is 6.18 Å². The van der Waals surface area contributed by atoms with Gasteiger partial charge in [0.1, 0.15) is 5.82 Å². The predicted molar refractivity (Wildman–Crippen MR) is 98.8 cm³/mol. The first-order valence-corrected chi connectivity index (χ1v) is 10.2. The Morgan fingerprint density at radius 2 is 1.67 bits per heavy atom. The number of hydrogen-bond acceptors (Lipinski definition) is 2. The molecule has 0 atom stereocenters. The Morgan fingerprint density at radius 1 is 0.963 bits per heavy atom. The lowest BCUT2D eigenvalue weighted by molar-refractivity contribution is -0.140. The first-order valence-electron chi connectivity index (χ1n) is 10.2. The number of hydrogen-bond donors (Lipinski definition) is 1. The van der Waals surface area contributed by atoms with Crippen LogP contribution in [0.4, 0.5) is 17.6 Å². The van der Waals surface area contributed by atoms with Crippen LogP contribution in [0.15, 0.2) is 18.2 Å². The maximum Gasteiger partial charge on any atom is 0.419 e. The minimum atomic E-state index is -4.65. The molecule has 1 aliphatic carbocycles. The third kappa shape index (κ3) is 5.92. The number of piperidine rings is 1.